The highest BCUT2D eigenvalue weighted by molar-refractivity contribution is 8.00. The van der Waals surface area contributed by atoms with E-state index in [1.165, 1.54) is 16.8 Å². The van der Waals surface area contributed by atoms with E-state index >= 15 is 0 Å². The van der Waals surface area contributed by atoms with Crippen LogP contribution in [-0.2, 0) is 4.74 Å². The quantitative estimate of drug-likeness (QED) is 0.210. The minimum absolute atomic E-state index is 0.0940. The molecule has 2 atom stereocenters. The van der Waals surface area contributed by atoms with Gasteiger partial charge in [0.25, 0.3) is 5.91 Å². The van der Waals surface area contributed by atoms with E-state index in [-0.39, 0.29) is 37.5 Å². The van der Waals surface area contributed by atoms with Gasteiger partial charge >= 0.3 is 6.09 Å². The van der Waals surface area contributed by atoms with Crippen molar-refractivity contribution in [2.75, 3.05) is 24.4 Å². The average molecular weight is 640 g/mol. The van der Waals surface area contributed by atoms with Crippen LogP contribution in [0.25, 0.3) is 11.3 Å². The number of nitrogens with one attached hydrogen (secondary N) is 1. The van der Waals surface area contributed by atoms with Crippen LogP contribution in [0.15, 0.2) is 53.4 Å². The summed E-state index contributed by atoms with van der Waals surface area (Å²) in [5.41, 5.74) is 3.73. The molecule has 2 amide bonds. The first-order valence-corrected chi connectivity index (χ1v) is 16.0. The number of nitrogens with zero attached hydrogens (tertiary/aromatic N) is 4. The molecule has 0 spiro atoms. The number of hydrogen-bond donors (Lipinski definition) is 2. The Kier molecular flexibility index (Phi) is 10.8. The van der Waals surface area contributed by atoms with Crippen molar-refractivity contribution in [3.05, 3.63) is 70.4 Å². The highest BCUT2D eigenvalue weighted by Gasteiger charge is 2.36. The molecule has 0 bridgehead atoms. The largest absolute Gasteiger partial charge is 0.444 e. The first-order chi connectivity index (χ1) is 20.7. The van der Waals surface area contributed by atoms with E-state index in [4.69, 9.17) is 21.3 Å². The van der Waals surface area contributed by atoms with Gasteiger partial charge in [0.1, 0.15) is 10.8 Å². The van der Waals surface area contributed by atoms with Crippen LogP contribution < -0.4 is 4.72 Å². The molecule has 1 aromatic heterocycles. The monoisotopic (exact) mass is 639 g/mol. The van der Waals surface area contributed by atoms with Gasteiger partial charge in [-0.25, -0.2) is 14.8 Å². The van der Waals surface area contributed by atoms with E-state index in [0.29, 0.717) is 23.1 Å². The number of halogens is 1. The maximum atomic E-state index is 13.9. The molecule has 0 saturated carbocycles. The van der Waals surface area contributed by atoms with Crippen molar-refractivity contribution in [3.8, 4) is 11.3 Å². The van der Waals surface area contributed by atoms with Crippen molar-refractivity contribution in [1.82, 2.24) is 19.8 Å². The van der Waals surface area contributed by atoms with E-state index in [0.717, 1.165) is 27.3 Å². The summed E-state index contributed by atoms with van der Waals surface area (Å²) in [4.78, 5) is 39.9. The van der Waals surface area contributed by atoms with Gasteiger partial charge in [0, 0.05) is 35.2 Å². The van der Waals surface area contributed by atoms with Crippen molar-refractivity contribution in [2.45, 2.75) is 77.5 Å². The summed E-state index contributed by atoms with van der Waals surface area (Å²) in [5.74, 6) is 0.412. The van der Waals surface area contributed by atoms with Gasteiger partial charge in [-0.1, -0.05) is 49.7 Å². The summed E-state index contributed by atoms with van der Waals surface area (Å²) in [6.45, 7) is 14.1. The zero-order valence-corrected chi connectivity index (χ0v) is 28.0. The Morgan fingerprint density at radius 1 is 1.07 bits per heavy atom. The van der Waals surface area contributed by atoms with Crippen molar-refractivity contribution in [2.24, 2.45) is 5.92 Å². The smallest absolute Gasteiger partial charge is 0.410 e. The lowest BCUT2D eigenvalue weighted by Gasteiger charge is -2.33. The Hall–Kier alpha value is -3.34. The molecule has 1 saturated heterocycles. The van der Waals surface area contributed by atoms with Gasteiger partial charge in [0.15, 0.2) is 0 Å². The van der Waals surface area contributed by atoms with Crippen LogP contribution in [0.3, 0.4) is 0 Å². The number of ether oxygens (including phenoxy) is 1. The predicted molar refractivity (Wildman–Crippen MR) is 176 cm³/mol. The maximum absolute atomic E-state index is 13.9. The lowest BCUT2D eigenvalue weighted by Crippen LogP contribution is -2.47. The van der Waals surface area contributed by atoms with Crippen molar-refractivity contribution in [3.63, 3.8) is 0 Å². The Morgan fingerprint density at radius 2 is 1.75 bits per heavy atom. The average Bonchev–Trinajstić information content (AvgIpc) is 3.08. The number of anilines is 1. The minimum Gasteiger partial charge on any atom is -0.444 e. The number of benzene rings is 2. The third-order valence-corrected chi connectivity index (χ3v) is 8.11. The summed E-state index contributed by atoms with van der Waals surface area (Å²) in [5, 5.41) is 11.2. The van der Waals surface area contributed by atoms with Crippen LogP contribution in [0.2, 0.25) is 5.15 Å². The number of rotatable bonds is 7. The predicted octanol–water partition coefficient (Wildman–Crippen LogP) is 7.00. The molecule has 44 heavy (non-hydrogen) atoms. The van der Waals surface area contributed by atoms with Gasteiger partial charge in [-0.05, 0) is 88.2 Å². The SMILES string of the molecule is Cc1cccc(C)c1-c1cc(Cl)nc(NSc2cccc(C(=O)N3C[C@@H](O)CN(C(=O)OC(C)(C)C)C[C@@H]3CC(C)C)c2)n1. The second-order valence-corrected chi connectivity index (χ2v) is 13.9. The summed E-state index contributed by atoms with van der Waals surface area (Å²) in [7, 11) is 0. The fourth-order valence-corrected chi connectivity index (χ4v) is 6.18. The van der Waals surface area contributed by atoms with E-state index in [1.54, 1.807) is 23.1 Å². The van der Waals surface area contributed by atoms with Crippen LogP contribution in [0.1, 0.15) is 62.5 Å². The number of amides is 2. The van der Waals surface area contributed by atoms with Crippen LogP contribution >= 0.6 is 23.5 Å². The Morgan fingerprint density at radius 3 is 2.41 bits per heavy atom. The Balaban J connectivity index is 1.53. The van der Waals surface area contributed by atoms with Gasteiger partial charge in [-0.15, -0.1) is 0 Å². The van der Waals surface area contributed by atoms with Gasteiger partial charge in [0.2, 0.25) is 5.95 Å². The van der Waals surface area contributed by atoms with Crippen molar-refractivity contribution < 1.29 is 19.4 Å². The standard InChI is InChI=1S/C33H42ClN5O4S/c1-20(2)14-24-17-38(32(42)43-33(5,6)7)18-25(40)19-39(24)30(41)23-12-9-13-26(15-23)44-37-31-35-27(16-28(34)36-31)29-21(3)10-8-11-22(29)4/h8-13,15-16,20,24-25,40H,14,17-19H2,1-7H3,(H,35,36,37)/t24-,25-/m0/s1. The first-order valence-electron chi connectivity index (χ1n) is 14.8. The molecular weight excluding hydrogens is 598 g/mol. The number of hydrogen-bond acceptors (Lipinski definition) is 8. The number of carbonyl (C=O) groups is 2. The molecule has 236 valence electrons. The normalized spacial score (nSPS) is 17.4. The third-order valence-electron chi connectivity index (χ3n) is 7.14. The number of carbonyl (C=O) groups excluding carboxylic acids is 2. The Bertz CT molecular complexity index is 1470. The van der Waals surface area contributed by atoms with E-state index < -0.39 is 17.8 Å². The molecule has 0 aliphatic carbocycles. The van der Waals surface area contributed by atoms with Crippen LogP contribution in [-0.4, -0.2) is 74.3 Å². The maximum Gasteiger partial charge on any atom is 0.410 e. The van der Waals surface area contributed by atoms with Crippen LogP contribution in [0, 0.1) is 19.8 Å². The number of β-amino-alcohol motifs (C(OH)–C–C–N with tert-alkyl or cyclic N) is 1. The van der Waals surface area contributed by atoms with E-state index in [2.05, 4.69) is 23.6 Å². The van der Waals surface area contributed by atoms with Crippen molar-refractivity contribution >= 4 is 41.5 Å². The lowest BCUT2D eigenvalue weighted by atomic mass is 10.00. The second-order valence-electron chi connectivity index (χ2n) is 12.7. The zero-order chi connectivity index (χ0) is 32.2. The van der Waals surface area contributed by atoms with Crippen molar-refractivity contribution in [1.29, 1.82) is 0 Å². The van der Waals surface area contributed by atoms with Crippen LogP contribution in [0.5, 0.6) is 0 Å². The van der Waals surface area contributed by atoms with Gasteiger partial charge in [-0.3, -0.25) is 9.52 Å². The molecule has 2 N–H and O–H groups in total. The second kappa shape index (κ2) is 14.2. The minimum atomic E-state index is -0.908. The molecule has 2 aromatic carbocycles. The van der Waals surface area contributed by atoms with Gasteiger partial charge in [0.05, 0.1) is 24.4 Å². The number of aryl methyl sites for hydroxylation is 2. The fourth-order valence-electron chi connectivity index (χ4n) is 5.36. The zero-order valence-electron chi connectivity index (χ0n) is 26.4. The molecule has 1 aliphatic rings. The van der Waals surface area contributed by atoms with E-state index in [1.807, 2.05) is 65.0 Å². The van der Waals surface area contributed by atoms with Gasteiger partial charge < -0.3 is 19.6 Å². The number of aromatic nitrogens is 2. The molecule has 0 unspecified atom stereocenters. The summed E-state index contributed by atoms with van der Waals surface area (Å²) < 4.78 is 8.76. The Labute approximate surface area is 269 Å². The van der Waals surface area contributed by atoms with Gasteiger partial charge in [-0.2, -0.15) is 0 Å². The topological polar surface area (TPSA) is 108 Å². The molecule has 4 rings (SSSR count). The third kappa shape index (κ3) is 8.86. The number of aliphatic hydroxyl groups is 1. The molecule has 1 aliphatic heterocycles. The van der Waals surface area contributed by atoms with E-state index in [9.17, 15) is 14.7 Å². The molecule has 2 heterocycles. The molecular formula is C33H42ClN5O4S. The summed E-state index contributed by atoms with van der Waals surface area (Å²) in [6, 6.07) is 14.8. The fraction of sp³-hybridized carbons (Fsp3) is 0.455. The molecule has 0 radical (unpaired) electrons. The molecule has 11 heteroatoms. The molecule has 9 nitrogen and oxygen atoms in total. The number of aliphatic hydroxyl groups excluding tert-OH is 1. The summed E-state index contributed by atoms with van der Waals surface area (Å²) in [6.07, 6.45) is -0.732. The highest BCUT2D eigenvalue weighted by Crippen LogP contribution is 2.30. The first kappa shape index (κ1) is 33.6. The molecule has 1 fully saturated rings. The summed E-state index contributed by atoms with van der Waals surface area (Å²) >= 11 is 7.65. The molecule has 3 aromatic rings. The highest BCUT2D eigenvalue weighted by atomic mass is 35.5. The lowest BCUT2D eigenvalue weighted by molar-refractivity contribution is 0.0171. The van der Waals surface area contributed by atoms with Crippen LogP contribution in [0.4, 0.5) is 10.7 Å².